The lowest BCUT2D eigenvalue weighted by molar-refractivity contribution is -0.138. The van der Waals surface area contributed by atoms with Gasteiger partial charge in [0.1, 0.15) is 0 Å². The Morgan fingerprint density at radius 3 is 2.21 bits per heavy atom. The van der Waals surface area contributed by atoms with Gasteiger partial charge in [0, 0.05) is 19.0 Å². The van der Waals surface area contributed by atoms with Crippen LogP contribution in [0.2, 0.25) is 0 Å². The number of hydrogen-bond acceptors (Lipinski definition) is 4. The Hall–Kier alpha value is -1.63. The molecule has 1 atom stereocenters. The van der Waals surface area contributed by atoms with Gasteiger partial charge in [-0.25, -0.2) is 4.79 Å². The Morgan fingerprint density at radius 1 is 1.16 bits per heavy atom. The molecule has 0 aromatic heterocycles. The molecule has 19 heavy (non-hydrogen) atoms. The summed E-state index contributed by atoms with van der Waals surface area (Å²) in [5.74, 6) is -1.65. The molecule has 0 aliphatic rings. The van der Waals surface area contributed by atoms with Gasteiger partial charge < -0.3 is 15.3 Å². The molecule has 1 unspecified atom stereocenters. The van der Waals surface area contributed by atoms with E-state index in [-0.39, 0.29) is 18.9 Å². The van der Waals surface area contributed by atoms with Crippen LogP contribution in [0.5, 0.6) is 0 Å². The normalized spacial score (nSPS) is 12.0. The van der Waals surface area contributed by atoms with Crippen molar-refractivity contribution in [2.45, 2.75) is 39.7 Å². The SMILES string of the molecule is CCN(CC)CC(C)NC(=O)NC(=O)CCC(=O)O. The zero-order valence-electron chi connectivity index (χ0n) is 11.7. The summed E-state index contributed by atoms with van der Waals surface area (Å²) in [6.07, 6.45) is -0.485. The van der Waals surface area contributed by atoms with E-state index in [0.717, 1.165) is 13.1 Å². The lowest BCUT2D eigenvalue weighted by Gasteiger charge is -2.23. The molecule has 0 saturated heterocycles. The van der Waals surface area contributed by atoms with Crippen molar-refractivity contribution in [2.75, 3.05) is 19.6 Å². The molecular weight excluding hydrogens is 250 g/mol. The van der Waals surface area contributed by atoms with Crippen molar-refractivity contribution in [3.05, 3.63) is 0 Å². The van der Waals surface area contributed by atoms with E-state index in [9.17, 15) is 14.4 Å². The molecule has 0 fully saturated rings. The van der Waals surface area contributed by atoms with E-state index in [0.29, 0.717) is 6.54 Å². The fourth-order valence-corrected chi connectivity index (χ4v) is 1.58. The average Bonchev–Trinajstić information content (AvgIpc) is 2.33. The Bertz CT molecular complexity index is 316. The number of nitrogens with zero attached hydrogens (tertiary/aromatic N) is 1. The molecule has 0 bridgehead atoms. The van der Waals surface area contributed by atoms with E-state index in [1.807, 2.05) is 20.8 Å². The summed E-state index contributed by atoms with van der Waals surface area (Å²) in [7, 11) is 0. The highest BCUT2D eigenvalue weighted by molar-refractivity contribution is 5.95. The molecule has 0 aliphatic carbocycles. The summed E-state index contributed by atoms with van der Waals surface area (Å²) in [5.41, 5.74) is 0. The Labute approximate surface area is 113 Å². The summed E-state index contributed by atoms with van der Waals surface area (Å²) in [6.45, 7) is 8.39. The third kappa shape index (κ3) is 9.01. The van der Waals surface area contributed by atoms with E-state index in [1.54, 1.807) is 0 Å². The lowest BCUT2D eigenvalue weighted by Crippen LogP contribution is -2.47. The van der Waals surface area contributed by atoms with Gasteiger partial charge in [-0.1, -0.05) is 13.8 Å². The molecule has 0 aliphatic heterocycles. The second-order valence-electron chi connectivity index (χ2n) is 4.30. The molecule has 3 N–H and O–H groups in total. The maximum atomic E-state index is 11.5. The van der Waals surface area contributed by atoms with Gasteiger partial charge in [-0.2, -0.15) is 0 Å². The highest BCUT2D eigenvalue weighted by Gasteiger charge is 2.13. The fourth-order valence-electron chi connectivity index (χ4n) is 1.58. The zero-order chi connectivity index (χ0) is 14.8. The van der Waals surface area contributed by atoms with Crippen molar-refractivity contribution < 1.29 is 19.5 Å². The number of carboxylic acids is 1. The predicted molar refractivity (Wildman–Crippen MR) is 70.8 cm³/mol. The largest absolute Gasteiger partial charge is 0.481 e. The van der Waals surface area contributed by atoms with Gasteiger partial charge in [0.05, 0.1) is 6.42 Å². The monoisotopic (exact) mass is 273 g/mol. The van der Waals surface area contributed by atoms with Crippen LogP contribution in [-0.2, 0) is 9.59 Å². The predicted octanol–water partition coefficient (Wildman–Crippen LogP) is 0.407. The molecule has 0 spiro atoms. The summed E-state index contributed by atoms with van der Waals surface area (Å²) < 4.78 is 0. The van der Waals surface area contributed by atoms with Crippen LogP contribution >= 0.6 is 0 Å². The first kappa shape index (κ1) is 17.4. The van der Waals surface area contributed by atoms with Crippen LogP contribution in [0.3, 0.4) is 0 Å². The average molecular weight is 273 g/mol. The molecule has 0 saturated carbocycles. The first-order valence-corrected chi connectivity index (χ1v) is 6.43. The summed E-state index contributed by atoms with van der Waals surface area (Å²) in [4.78, 5) is 35.1. The first-order valence-electron chi connectivity index (χ1n) is 6.43. The molecule has 0 radical (unpaired) electrons. The quantitative estimate of drug-likeness (QED) is 0.595. The standard InChI is InChI=1S/C12H23N3O4/c1-4-15(5-2)8-9(3)13-12(19)14-10(16)6-7-11(17)18/h9H,4-8H2,1-3H3,(H,17,18)(H2,13,14,16,19). The molecule has 7 nitrogen and oxygen atoms in total. The van der Waals surface area contributed by atoms with E-state index in [2.05, 4.69) is 15.5 Å². The number of imide groups is 1. The molecule has 0 rings (SSSR count). The Morgan fingerprint density at radius 2 is 1.74 bits per heavy atom. The maximum absolute atomic E-state index is 11.5. The number of nitrogens with one attached hydrogen (secondary N) is 2. The van der Waals surface area contributed by atoms with E-state index >= 15 is 0 Å². The minimum Gasteiger partial charge on any atom is -0.481 e. The van der Waals surface area contributed by atoms with Crippen molar-refractivity contribution >= 4 is 17.9 Å². The number of amides is 3. The zero-order valence-corrected chi connectivity index (χ0v) is 11.7. The molecule has 0 heterocycles. The van der Waals surface area contributed by atoms with Gasteiger partial charge in [0.25, 0.3) is 0 Å². The minimum atomic E-state index is -1.06. The summed E-state index contributed by atoms with van der Waals surface area (Å²) in [6, 6.07) is -0.679. The summed E-state index contributed by atoms with van der Waals surface area (Å²) in [5, 5.41) is 13.2. The van der Waals surface area contributed by atoms with Crippen LogP contribution in [0, 0.1) is 0 Å². The van der Waals surface area contributed by atoms with Crippen LogP contribution in [0.1, 0.15) is 33.6 Å². The van der Waals surface area contributed by atoms with E-state index in [1.165, 1.54) is 0 Å². The number of carboxylic acid groups (broad SMARTS) is 1. The van der Waals surface area contributed by atoms with Crippen molar-refractivity contribution in [1.29, 1.82) is 0 Å². The molecule has 0 aromatic carbocycles. The van der Waals surface area contributed by atoms with Crippen molar-refractivity contribution in [2.24, 2.45) is 0 Å². The number of likely N-dealkylation sites (N-methyl/N-ethyl adjacent to an activating group) is 1. The van der Waals surface area contributed by atoms with Gasteiger partial charge in [-0.05, 0) is 20.0 Å². The van der Waals surface area contributed by atoms with Crippen LogP contribution in [-0.4, -0.2) is 53.6 Å². The molecular formula is C12H23N3O4. The summed E-state index contributed by atoms with van der Waals surface area (Å²) >= 11 is 0. The Kier molecular flexibility index (Phi) is 8.52. The van der Waals surface area contributed by atoms with Crippen LogP contribution < -0.4 is 10.6 Å². The molecule has 7 heteroatoms. The van der Waals surface area contributed by atoms with Gasteiger partial charge in [0.2, 0.25) is 5.91 Å². The second-order valence-corrected chi connectivity index (χ2v) is 4.30. The van der Waals surface area contributed by atoms with Crippen LogP contribution in [0.15, 0.2) is 0 Å². The third-order valence-corrected chi connectivity index (χ3v) is 2.62. The maximum Gasteiger partial charge on any atom is 0.321 e. The van der Waals surface area contributed by atoms with Crippen molar-refractivity contribution in [3.8, 4) is 0 Å². The molecule has 0 aromatic rings. The van der Waals surface area contributed by atoms with Gasteiger partial charge >= 0.3 is 12.0 Å². The number of carbonyl (C=O) groups is 3. The van der Waals surface area contributed by atoms with Gasteiger partial charge in [0.15, 0.2) is 0 Å². The topological polar surface area (TPSA) is 98.7 Å². The Balaban J connectivity index is 3.96. The highest BCUT2D eigenvalue weighted by Crippen LogP contribution is 1.92. The lowest BCUT2D eigenvalue weighted by atomic mass is 10.3. The second kappa shape index (κ2) is 9.32. The number of rotatable bonds is 8. The minimum absolute atomic E-state index is 0.0906. The van der Waals surface area contributed by atoms with Crippen LogP contribution in [0.4, 0.5) is 4.79 Å². The molecule has 110 valence electrons. The molecule has 3 amide bonds. The smallest absolute Gasteiger partial charge is 0.321 e. The first-order chi connectivity index (χ1) is 8.88. The van der Waals surface area contributed by atoms with Gasteiger partial charge in [-0.15, -0.1) is 0 Å². The van der Waals surface area contributed by atoms with Crippen molar-refractivity contribution in [1.82, 2.24) is 15.5 Å². The van der Waals surface area contributed by atoms with E-state index < -0.39 is 17.9 Å². The number of urea groups is 1. The third-order valence-electron chi connectivity index (χ3n) is 2.62. The number of carbonyl (C=O) groups excluding carboxylic acids is 2. The number of aliphatic carboxylic acids is 1. The highest BCUT2D eigenvalue weighted by atomic mass is 16.4. The van der Waals surface area contributed by atoms with Crippen molar-refractivity contribution in [3.63, 3.8) is 0 Å². The fraction of sp³-hybridized carbons (Fsp3) is 0.750. The van der Waals surface area contributed by atoms with E-state index in [4.69, 9.17) is 5.11 Å². The van der Waals surface area contributed by atoms with Gasteiger partial charge in [-0.3, -0.25) is 14.9 Å². The van der Waals surface area contributed by atoms with Crippen LogP contribution in [0.25, 0.3) is 0 Å². The number of hydrogen-bond donors (Lipinski definition) is 3.